The van der Waals surface area contributed by atoms with Crippen LogP contribution in [0.15, 0.2) is 24.8 Å². The molecule has 0 N–H and O–H groups in total. The van der Waals surface area contributed by atoms with Gasteiger partial charge in [0.15, 0.2) is 5.82 Å². The zero-order valence-electron chi connectivity index (χ0n) is 11.8. The first-order valence-electron chi connectivity index (χ1n) is 6.80. The molecule has 6 nitrogen and oxygen atoms in total. The smallest absolute Gasteiger partial charge is 0.154 e. The third-order valence-corrected chi connectivity index (χ3v) is 3.78. The van der Waals surface area contributed by atoms with Crippen LogP contribution in [0, 0.1) is 13.8 Å². The monoisotopic (exact) mass is 270 g/mol. The number of hydrogen-bond donors (Lipinski definition) is 0. The average Bonchev–Trinajstić information content (AvgIpc) is 2.51. The predicted octanol–water partition coefficient (Wildman–Crippen LogP) is 1.21. The maximum atomic E-state index is 4.35. The molecule has 0 saturated carbocycles. The molecule has 2 aromatic rings. The SMILES string of the molecule is Cc1cnnc(N2CCN(c3cnccn3)CC2)c1C. The van der Waals surface area contributed by atoms with Crippen molar-refractivity contribution in [3.63, 3.8) is 0 Å². The molecule has 0 aliphatic carbocycles. The first kappa shape index (κ1) is 12.8. The number of anilines is 2. The fourth-order valence-electron chi connectivity index (χ4n) is 2.42. The summed E-state index contributed by atoms with van der Waals surface area (Å²) in [5.41, 5.74) is 2.40. The second-order valence-corrected chi connectivity index (χ2v) is 5.01. The standard InChI is InChI=1S/C14H18N6/c1-11-9-17-18-14(12(11)2)20-7-5-19(6-8-20)13-10-15-3-4-16-13/h3-4,9-10H,5-8H2,1-2H3. The van der Waals surface area contributed by atoms with Crippen molar-refractivity contribution < 1.29 is 0 Å². The Morgan fingerprint density at radius 2 is 1.70 bits per heavy atom. The molecule has 20 heavy (non-hydrogen) atoms. The van der Waals surface area contributed by atoms with E-state index in [0.29, 0.717) is 0 Å². The van der Waals surface area contributed by atoms with E-state index in [9.17, 15) is 0 Å². The Hall–Kier alpha value is -2.24. The minimum absolute atomic E-state index is 0.924. The maximum Gasteiger partial charge on any atom is 0.154 e. The van der Waals surface area contributed by atoms with Crippen LogP contribution in [0.25, 0.3) is 0 Å². The predicted molar refractivity (Wildman–Crippen MR) is 78.0 cm³/mol. The van der Waals surface area contributed by atoms with Crippen molar-refractivity contribution in [1.29, 1.82) is 0 Å². The molecule has 0 amide bonds. The molecule has 0 bridgehead atoms. The molecule has 2 aromatic heterocycles. The number of nitrogens with zero attached hydrogens (tertiary/aromatic N) is 6. The van der Waals surface area contributed by atoms with Crippen molar-refractivity contribution in [1.82, 2.24) is 20.2 Å². The van der Waals surface area contributed by atoms with Crippen molar-refractivity contribution in [3.8, 4) is 0 Å². The van der Waals surface area contributed by atoms with Crippen LogP contribution in [-0.2, 0) is 0 Å². The minimum Gasteiger partial charge on any atom is -0.352 e. The molecule has 3 rings (SSSR count). The van der Waals surface area contributed by atoms with Crippen LogP contribution in [0.2, 0.25) is 0 Å². The number of piperazine rings is 1. The van der Waals surface area contributed by atoms with Crippen LogP contribution < -0.4 is 9.80 Å². The van der Waals surface area contributed by atoms with E-state index in [1.54, 1.807) is 12.4 Å². The average molecular weight is 270 g/mol. The van der Waals surface area contributed by atoms with Gasteiger partial charge in [0.2, 0.25) is 0 Å². The van der Waals surface area contributed by atoms with E-state index in [4.69, 9.17) is 0 Å². The Balaban J connectivity index is 1.71. The van der Waals surface area contributed by atoms with E-state index < -0.39 is 0 Å². The van der Waals surface area contributed by atoms with Crippen LogP contribution in [0.1, 0.15) is 11.1 Å². The van der Waals surface area contributed by atoms with Crippen molar-refractivity contribution in [2.45, 2.75) is 13.8 Å². The van der Waals surface area contributed by atoms with Gasteiger partial charge in [0.25, 0.3) is 0 Å². The summed E-state index contributed by atoms with van der Waals surface area (Å²) < 4.78 is 0. The van der Waals surface area contributed by atoms with Gasteiger partial charge >= 0.3 is 0 Å². The third kappa shape index (κ3) is 2.41. The van der Waals surface area contributed by atoms with Gasteiger partial charge in [0, 0.05) is 38.6 Å². The number of hydrogen-bond acceptors (Lipinski definition) is 6. The minimum atomic E-state index is 0.924. The second-order valence-electron chi connectivity index (χ2n) is 5.01. The lowest BCUT2D eigenvalue weighted by Gasteiger charge is -2.36. The summed E-state index contributed by atoms with van der Waals surface area (Å²) in [5.74, 6) is 1.95. The molecule has 0 aromatic carbocycles. The fraction of sp³-hybridized carbons (Fsp3) is 0.429. The van der Waals surface area contributed by atoms with Gasteiger partial charge in [-0.2, -0.15) is 5.10 Å². The van der Waals surface area contributed by atoms with Gasteiger partial charge in [-0.1, -0.05) is 0 Å². The van der Waals surface area contributed by atoms with E-state index >= 15 is 0 Å². The highest BCUT2D eigenvalue weighted by Gasteiger charge is 2.21. The molecular formula is C14H18N6. The van der Waals surface area contributed by atoms with Gasteiger partial charge < -0.3 is 9.80 Å². The molecular weight excluding hydrogens is 252 g/mol. The Morgan fingerprint density at radius 1 is 0.950 bits per heavy atom. The largest absolute Gasteiger partial charge is 0.352 e. The lowest BCUT2D eigenvalue weighted by molar-refractivity contribution is 0.635. The van der Waals surface area contributed by atoms with Crippen LogP contribution in [0.3, 0.4) is 0 Å². The highest BCUT2D eigenvalue weighted by atomic mass is 15.3. The third-order valence-electron chi connectivity index (χ3n) is 3.78. The van der Waals surface area contributed by atoms with Gasteiger partial charge in [-0.15, -0.1) is 5.10 Å². The number of aromatic nitrogens is 4. The van der Waals surface area contributed by atoms with E-state index in [1.807, 2.05) is 12.4 Å². The summed E-state index contributed by atoms with van der Waals surface area (Å²) in [6, 6.07) is 0. The zero-order chi connectivity index (χ0) is 13.9. The Morgan fingerprint density at radius 3 is 2.40 bits per heavy atom. The number of rotatable bonds is 2. The summed E-state index contributed by atoms with van der Waals surface area (Å²) in [6.07, 6.45) is 7.06. The molecule has 6 heteroatoms. The molecule has 1 saturated heterocycles. The van der Waals surface area contributed by atoms with E-state index in [-0.39, 0.29) is 0 Å². The summed E-state index contributed by atoms with van der Waals surface area (Å²) in [5, 5.41) is 8.36. The summed E-state index contributed by atoms with van der Waals surface area (Å²) in [4.78, 5) is 13.0. The molecule has 0 radical (unpaired) electrons. The first-order valence-corrected chi connectivity index (χ1v) is 6.80. The lowest BCUT2D eigenvalue weighted by atomic mass is 10.2. The van der Waals surface area contributed by atoms with Gasteiger partial charge in [-0.3, -0.25) is 4.98 Å². The molecule has 1 fully saturated rings. The van der Waals surface area contributed by atoms with E-state index in [2.05, 4.69) is 43.8 Å². The summed E-state index contributed by atoms with van der Waals surface area (Å²) >= 11 is 0. The molecule has 0 unspecified atom stereocenters. The molecule has 1 aliphatic heterocycles. The van der Waals surface area contributed by atoms with Crippen LogP contribution in [0.4, 0.5) is 11.6 Å². The molecule has 0 spiro atoms. The normalized spacial score (nSPS) is 15.5. The Labute approximate surface area is 118 Å². The van der Waals surface area contributed by atoms with Gasteiger partial charge in [-0.05, 0) is 25.0 Å². The number of aryl methyl sites for hydroxylation is 1. The van der Waals surface area contributed by atoms with Crippen molar-refractivity contribution in [3.05, 3.63) is 35.9 Å². The Kier molecular flexibility index (Phi) is 3.45. The van der Waals surface area contributed by atoms with Gasteiger partial charge in [-0.25, -0.2) is 4.98 Å². The Bertz CT molecular complexity index is 577. The molecule has 3 heterocycles. The van der Waals surface area contributed by atoms with E-state index in [0.717, 1.165) is 37.8 Å². The van der Waals surface area contributed by atoms with Crippen molar-refractivity contribution in [2.24, 2.45) is 0 Å². The summed E-state index contributed by atoms with van der Waals surface area (Å²) in [6.45, 7) is 7.88. The fourth-order valence-corrected chi connectivity index (χ4v) is 2.42. The highest BCUT2D eigenvalue weighted by Crippen LogP contribution is 2.21. The molecule has 0 atom stereocenters. The second kappa shape index (κ2) is 5.40. The zero-order valence-corrected chi connectivity index (χ0v) is 11.8. The summed E-state index contributed by atoms with van der Waals surface area (Å²) in [7, 11) is 0. The molecule has 1 aliphatic rings. The quantitative estimate of drug-likeness (QED) is 0.817. The van der Waals surface area contributed by atoms with E-state index in [1.165, 1.54) is 11.1 Å². The van der Waals surface area contributed by atoms with Gasteiger partial charge in [0.05, 0.1) is 12.4 Å². The van der Waals surface area contributed by atoms with Crippen LogP contribution in [0.5, 0.6) is 0 Å². The van der Waals surface area contributed by atoms with Crippen molar-refractivity contribution >= 4 is 11.6 Å². The van der Waals surface area contributed by atoms with Crippen molar-refractivity contribution in [2.75, 3.05) is 36.0 Å². The lowest BCUT2D eigenvalue weighted by Crippen LogP contribution is -2.47. The molecule has 104 valence electrons. The van der Waals surface area contributed by atoms with Crippen LogP contribution in [-0.4, -0.2) is 46.3 Å². The highest BCUT2D eigenvalue weighted by molar-refractivity contribution is 5.50. The maximum absolute atomic E-state index is 4.35. The topological polar surface area (TPSA) is 58.0 Å². The van der Waals surface area contributed by atoms with Crippen LogP contribution >= 0.6 is 0 Å². The first-order chi connectivity index (χ1) is 9.75. The van der Waals surface area contributed by atoms with Gasteiger partial charge in [0.1, 0.15) is 5.82 Å².